The Labute approximate surface area is 167 Å². The maximum atomic E-state index is 12.4. The number of benzene rings is 1. The average Bonchev–Trinajstić information content (AvgIpc) is 2.70. The van der Waals surface area contributed by atoms with Gasteiger partial charge in [-0.3, -0.25) is 4.79 Å². The first-order valence-electron chi connectivity index (χ1n) is 9.76. The minimum absolute atomic E-state index is 0. The molecule has 2 aliphatic rings. The van der Waals surface area contributed by atoms with Crippen LogP contribution in [0.4, 0.5) is 4.79 Å². The van der Waals surface area contributed by atoms with Crippen LogP contribution in [0.2, 0.25) is 0 Å². The summed E-state index contributed by atoms with van der Waals surface area (Å²) >= 11 is 0. The lowest BCUT2D eigenvalue weighted by atomic mass is 9.84. The lowest BCUT2D eigenvalue weighted by Gasteiger charge is -2.31. The highest BCUT2D eigenvalue weighted by molar-refractivity contribution is 5.85. The fourth-order valence-electron chi connectivity index (χ4n) is 4.10. The van der Waals surface area contributed by atoms with E-state index in [1.54, 1.807) is 4.90 Å². The summed E-state index contributed by atoms with van der Waals surface area (Å²) in [6.07, 6.45) is 6.81. The van der Waals surface area contributed by atoms with E-state index >= 15 is 0 Å². The van der Waals surface area contributed by atoms with Crippen molar-refractivity contribution in [2.45, 2.75) is 51.1 Å². The van der Waals surface area contributed by atoms with Crippen LogP contribution in [0.3, 0.4) is 0 Å². The van der Waals surface area contributed by atoms with Crippen LogP contribution in [0.5, 0.6) is 0 Å². The summed E-state index contributed by atoms with van der Waals surface area (Å²) in [5, 5.41) is 5.76. The molecule has 1 unspecified atom stereocenters. The number of hydrogen-bond donors (Lipinski definition) is 3. The molecule has 27 heavy (non-hydrogen) atoms. The van der Waals surface area contributed by atoms with Crippen LogP contribution in [0, 0.1) is 5.92 Å². The van der Waals surface area contributed by atoms with Crippen molar-refractivity contribution in [1.29, 1.82) is 0 Å². The summed E-state index contributed by atoms with van der Waals surface area (Å²) in [6, 6.07) is 8.01. The molecular formula is C20H31ClN4O2. The van der Waals surface area contributed by atoms with Crippen LogP contribution in [0.1, 0.15) is 43.2 Å². The Morgan fingerprint density at radius 1 is 1.15 bits per heavy atom. The van der Waals surface area contributed by atoms with Crippen LogP contribution in [0.25, 0.3) is 0 Å². The van der Waals surface area contributed by atoms with Gasteiger partial charge in [-0.2, -0.15) is 0 Å². The average molecular weight is 395 g/mol. The van der Waals surface area contributed by atoms with Gasteiger partial charge in [-0.1, -0.05) is 43.5 Å². The van der Waals surface area contributed by atoms with Gasteiger partial charge < -0.3 is 21.3 Å². The lowest BCUT2D eigenvalue weighted by Crippen LogP contribution is -2.51. The normalized spacial score (nSPS) is 18.0. The molecule has 1 aliphatic heterocycles. The third-order valence-corrected chi connectivity index (χ3v) is 5.64. The van der Waals surface area contributed by atoms with Crippen molar-refractivity contribution >= 4 is 24.3 Å². The number of nitrogens with zero attached hydrogens (tertiary/aromatic N) is 1. The molecule has 1 saturated carbocycles. The summed E-state index contributed by atoms with van der Waals surface area (Å²) in [7, 11) is 0. The second-order valence-electron chi connectivity index (χ2n) is 7.41. The number of urea groups is 1. The molecule has 6 nitrogen and oxygen atoms in total. The van der Waals surface area contributed by atoms with Crippen LogP contribution in [0.15, 0.2) is 24.3 Å². The fourth-order valence-corrected chi connectivity index (χ4v) is 4.10. The van der Waals surface area contributed by atoms with Crippen LogP contribution in [-0.4, -0.2) is 42.5 Å². The van der Waals surface area contributed by atoms with Gasteiger partial charge in [0.2, 0.25) is 5.91 Å². The molecule has 7 heteroatoms. The zero-order chi connectivity index (χ0) is 18.4. The Balaban J connectivity index is 0.00000261. The van der Waals surface area contributed by atoms with Crippen molar-refractivity contribution < 1.29 is 9.59 Å². The number of fused-ring (bicyclic) bond motifs is 1. The number of nitrogens with one attached hydrogen (secondary N) is 2. The molecule has 1 fully saturated rings. The molecule has 3 amide bonds. The highest BCUT2D eigenvalue weighted by atomic mass is 35.5. The van der Waals surface area contributed by atoms with Crippen molar-refractivity contribution in [2.24, 2.45) is 11.7 Å². The van der Waals surface area contributed by atoms with E-state index in [1.165, 1.54) is 30.4 Å². The fraction of sp³-hybridized carbons (Fsp3) is 0.600. The number of amides is 3. The topological polar surface area (TPSA) is 87.5 Å². The number of carbonyl (C=O) groups excluding carboxylic acids is 2. The molecule has 0 radical (unpaired) electrons. The molecule has 1 heterocycles. The summed E-state index contributed by atoms with van der Waals surface area (Å²) in [5.41, 5.74) is 8.34. The molecule has 0 bridgehead atoms. The van der Waals surface area contributed by atoms with E-state index < -0.39 is 0 Å². The Morgan fingerprint density at radius 2 is 1.85 bits per heavy atom. The summed E-state index contributed by atoms with van der Waals surface area (Å²) in [4.78, 5) is 26.4. The first-order valence-corrected chi connectivity index (χ1v) is 9.76. The Bertz CT molecular complexity index is 634. The lowest BCUT2D eigenvalue weighted by molar-refractivity contribution is -0.121. The quantitative estimate of drug-likeness (QED) is 0.715. The van der Waals surface area contributed by atoms with E-state index in [9.17, 15) is 9.59 Å². The highest BCUT2D eigenvalue weighted by Crippen LogP contribution is 2.26. The van der Waals surface area contributed by atoms with Gasteiger partial charge in [-0.25, -0.2) is 4.79 Å². The van der Waals surface area contributed by atoms with Crippen molar-refractivity contribution in [3.05, 3.63) is 35.4 Å². The highest BCUT2D eigenvalue weighted by Gasteiger charge is 2.25. The number of nitrogens with two attached hydrogens (primary N) is 1. The van der Waals surface area contributed by atoms with E-state index in [-0.39, 0.29) is 36.9 Å². The van der Waals surface area contributed by atoms with Gasteiger partial charge in [0, 0.05) is 25.7 Å². The third-order valence-electron chi connectivity index (χ3n) is 5.64. The number of halogens is 1. The zero-order valence-electron chi connectivity index (χ0n) is 15.8. The summed E-state index contributed by atoms with van der Waals surface area (Å²) < 4.78 is 0. The third kappa shape index (κ3) is 5.84. The SMILES string of the molecule is Cl.NCC(NC(=O)CNC(=O)N1CCc2ccccc2C1)C1CCCCC1. The van der Waals surface area contributed by atoms with Gasteiger partial charge in [-0.15, -0.1) is 12.4 Å². The van der Waals surface area contributed by atoms with Crippen molar-refractivity contribution in [2.75, 3.05) is 19.6 Å². The second kappa shape index (κ2) is 10.5. The smallest absolute Gasteiger partial charge is 0.318 e. The standard InChI is InChI=1S/C20H30N4O2.ClH/c21-12-18(16-7-2-1-3-8-16)23-19(25)13-22-20(26)24-11-10-15-6-4-5-9-17(15)14-24;/h4-6,9,16,18H,1-3,7-8,10-14,21H2,(H,22,26)(H,23,25);1H. The molecule has 1 atom stereocenters. The molecule has 1 aliphatic carbocycles. The molecule has 150 valence electrons. The van der Waals surface area contributed by atoms with Gasteiger partial charge in [0.1, 0.15) is 0 Å². The van der Waals surface area contributed by atoms with Gasteiger partial charge >= 0.3 is 6.03 Å². The number of hydrogen-bond acceptors (Lipinski definition) is 3. The molecule has 1 aromatic rings. The molecule has 3 rings (SSSR count). The summed E-state index contributed by atoms with van der Waals surface area (Å²) in [6.45, 7) is 1.72. The van der Waals surface area contributed by atoms with Gasteiger partial charge in [0.05, 0.1) is 6.54 Å². The molecule has 0 aromatic heterocycles. The molecule has 4 N–H and O–H groups in total. The molecule has 0 spiro atoms. The molecule has 0 saturated heterocycles. The van der Waals surface area contributed by atoms with Crippen molar-refractivity contribution in [1.82, 2.24) is 15.5 Å². The zero-order valence-corrected chi connectivity index (χ0v) is 16.6. The van der Waals surface area contributed by atoms with Crippen LogP contribution >= 0.6 is 12.4 Å². The number of carbonyl (C=O) groups is 2. The van der Waals surface area contributed by atoms with E-state index in [1.807, 2.05) is 12.1 Å². The van der Waals surface area contributed by atoms with Crippen molar-refractivity contribution in [3.8, 4) is 0 Å². The van der Waals surface area contributed by atoms with Crippen LogP contribution < -0.4 is 16.4 Å². The van der Waals surface area contributed by atoms with E-state index in [0.717, 1.165) is 19.3 Å². The first-order chi connectivity index (χ1) is 12.7. The predicted molar refractivity (Wildman–Crippen MR) is 109 cm³/mol. The van der Waals surface area contributed by atoms with Crippen molar-refractivity contribution in [3.63, 3.8) is 0 Å². The Morgan fingerprint density at radius 3 is 2.56 bits per heavy atom. The van der Waals surface area contributed by atoms with Gasteiger partial charge in [0.25, 0.3) is 0 Å². The summed E-state index contributed by atoms with van der Waals surface area (Å²) in [5.74, 6) is 0.309. The maximum Gasteiger partial charge on any atom is 0.318 e. The molecule has 1 aromatic carbocycles. The maximum absolute atomic E-state index is 12.4. The Kier molecular flexibility index (Phi) is 8.38. The van der Waals surface area contributed by atoms with Crippen LogP contribution in [-0.2, 0) is 17.8 Å². The van der Waals surface area contributed by atoms with E-state index in [4.69, 9.17) is 5.73 Å². The number of rotatable bonds is 5. The van der Waals surface area contributed by atoms with Gasteiger partial charge in [-0.05, 0) is 36.3 Å². The van der Waals surface area contributed by atoms with Gasteiger partial charge in [0.15, 0.2) is 0 Å². The molecular weight excluding hydrogens is 364 g/mol. The minimum Gasteiger partial charge on any atom is -0.350 e. The van der Waals surface area contributed by atoms with E-state index in [0.29, 0.717) is 25.6 Å². The Hall–Kier alpha value is -1.79. The predicted octanol–water partition coefficient (Wildman–Crippen LogP) is 2.20. The monoisotopic (exact) mass is 394 g/mol. The van der Waals surface area contributed by atoms with E-state index in [2.05, 4.69) is 22.8 Å². The first kappa shape index (κ1) is 21.5. The second-order valence-corrected chi connectivity index (χ2v) is 7.41. The largest absolute Gasteiger partial charge is 0.350 e. The minimum atomic E-state index is -0.184.